The molecule has 0 radical (unpaired) electrons. The molecule has 4 nitrogen and oxygen atoms in total. The summed E-state index contributed by atoms with van der Waals surface area (Å²) in [6, 6.07) is 22.8. The molecule has 0 aromatic heterocycles. The van der Waals surface area contributed by atoms with Gasteiger partial charge in [0.15, 0.2) is 11.6 Å². The Kier molecular flexibility index (Phi) is 6.59. The van der Waals surface area contributed by atoms with Crippen LogP contribution in [0, 0.1) is 29.4 Å². The number of benzene rings is 3. The van der Waals surface area contributed by atoms with Gasteiger partial charge in [-0.1, -0.05) is 48.5 Å². The Bertz CT molecular complexity index is 1110. The molecule has 1 aliphatic carbocycles. The van der Waals surface area contributed by atoms with Crippen LogP contribution < -0.4 is 4.90 Å². The fourth-order valence-electron chi connectivity index (χ4n) is 5.47. The zero-order valence-corrected chi connectivity index (χ0v) is 18.9. The lowest BCUT2D eigenvalue weighted by molar-refractivity contribution is 0.0514. The number of anilines is 2. The van der Waals surface area contributed by atoms with Gasteiger partial charge in [0.25, 0.3) is 0 Å². The lowest BCUT2D eigenvalue weighted by Crippen LogP contribution is -2.43. The van der Waals surface area contributed by atoms with Crippen molar-refractivity contribution in [1.29, 1.82) is 0 Å². The highest BCUT2D eigenvalue weighted by atomic mass is 19.2. The van der Waals surface area contributed by atoms with Gasteiger partial charge in [0.05, 0.1) is 18.0 Å². The van der Waals surface area contributed by atoms with E-state index in [2.05, 4.69) is 29.2 Å². The number of rotatable bonds is 6. The first-order valence-electron chi connectivity index (χ1n) is 11.8. The summed E-state index contributed by atoms with van der Waals surface area (Å²) >= 11 is 0. The number of ether oxygens (including phenoxy) is 1. The van der Waals surface area contributed by atoms with Crippen molar-refractivity contribution in [3.05, 3.63) is 96.1 Å². The number of nitrogens with zero attached hydrogens (tertiary/aromatic N) is 2. The van der Waals surface area contributed by atoms with E-state index in [1.807, 2.05) is 12.1 Å². The van der Waals surface area contributed by atoms with Crippen LogP contribution in [0.4, 0.5) is 25.0 Å². The Hall–Kier alpha value is -3.25. The minimum absolute atomic E-state index is 0.232. The molecular formula is C28H28F2N2O2. The maximum atomic E-state index is 13.9. The van der Waals surface area contributed by atoms with E-state index in [1.165, 1.54) is 16.5 Å². The third-order valence-electron chi connectivity index (χ3n) is 7.11. The van der Waals surface area contributed by atoms with E-state index in [1.54, 1.807) is 24.3 Å². The molecule has 1 saturated carbocycles. The van der Waals surface area contributed by atoms with E-state index in [0.29, 0.717) is 30.0 Å². The van der Waals surface area contributed by atoms with Gasteiger partial charge in [-0.3, -0.25) is 4.90 Å². The number of hydrogen-bond acceptors (Lipinski definition) is 3. The molecular weight excluding hydrogens is 434 g/mol. The average Bonchev–Trinajstić information content (AvgIpc) is 3.09. The number of piperidine rings is 1. The van der Waals surface area contributed by atoms with Gasteiger partial charge in [-0.25, -0.2) is 18.5 Å². The van der Waals surface area contributed by atoms with Crippen molar-refractivity contribution in [1.82, 2.24) is 4.90 Å². The largest absolute Gasteiger partial charge is 0.449 e. The van der Waals surface area contributed by atoms with Crippen molar-refractivity contribution < 1.29 is 18.3 Å². The van der Waals surface area contributed by atoms with Crippen molar-refractivity contribution in [2.24, 2.45) is 17.8 Å². The van der Waals surface area contributed by atoms with E-state index >= 15 is 0 Å². The molecule has 1 aliphatic heterocycles. The minimum atomic E-state index is -1.00. The zero-order valence-electron chi connectivity index (χ0n) is 18.9. The van der Waals surface area contributed by atoms with Crippen LogP contribution in [0.3, 0.4) is 0 Å². The predicted molar refractivity (Wildman–Crippen MR) is 128 cm³/mol. The molecule has 34 heavy (non-hydrogen) atoms. The van der Waals surface area contributed by atoms with Crippen LogP contribution in [0.15, 0.2) is 78.9 Å². The average molecular weight is 463 g/mol. The molecule has 0 spiro atoms. The minimum Gasteiger partial charge on any atom is -0.449 e. The maximum Gasteiger partial charge on any atom is 0.418 e. The molecule has 3 aromatic rings. The summed E-state index contributed by atoms with van der Waals surface area (Å²) in [5, 5.41) is 0. The molecule has 2 bridgehead atoms. The topological polar surface area (TPSA) is 32.8 Å². The van der Waals surface area contributed by atoms with E-state index in [9.17, 15) is 13.6 Å². The van der Waals surface area contributed by atoms with Gasteiger partial charge in [0, 0.05) is 31.6 Å². The van der Waals surface area contributed by atoms with Crippen molar-refractivity contribution >= 4 is 17.5 Å². The Balaban J connectivity index is 1.26. The second-order valence-electron chi connectivity index (χ2n) is 9.29. The highest BCUT2D eigenvalue weighted by molar-refractivity contribution is 5.95. The van der Waals surface area contributed by atoms with Crippen molar-refractivity contribution in [2.45, 2.75) is 19.4 Å². The molecule has 2 fully saturated rings. The maximum absolute atomic E-state index is 13.9. The van der Waals surface area contributed by atoms with Crippen molar-refractivity contribution in [3.63, 3.8) is 0 Å². The Morgan fingerprint density at radius 1 is 0.853 bits per heavy atom. The molecule has 176 valence electrons. The SMILES string of the molecule is O=C(OCC1C2CCC1CN(Cc1ccccc1)C2)N(c1ccccc1)c1ccc(F)c(F)c1. The highest BCUT2D eigenvalue weighted by Gasteiger charge is 2.42. The molecule has 2 unspecified atom stereocenters. The number of carbonyl (C=O) groups excluding carboxylic acids is 1. The number of amides is 1. The highest BCUT2D eigenvalue weighted by Crippen LogP contribution is 2.42. The van der Waals surface area contributed by atoms with Crippen LogP contribution in [0.2, 0.25) is 0 Å². The first-order chi connectivity index (χ1) is 16.6. The number of fused-ring (bicyclic) bond motifs is 2. The summed E-state index contributed by atoms with van der Waals surface area (Å²) < 4.78 is 33.3. The zero-order chi connectivity index (χ0) is 23.5. The quantitative estimate of drug-likeness (QED) is 0.425. The summed E-state index contributed by atoms with van der Waals surface area (Å²) in [6.07, 6.45) is 1.70. The monoisotopic (exact) mass is 462 g/mol. The van der Waals surface area contributed by atoms with Gasteiger partial charge < -0.3 is 4.74 Å². The van der Waals surface area contributed by atoms with Gasteiger partial charge in [-0.15, -0.1) is 0 Å². The first-order valence-corrected chi connectivity index (χ1v) is 11.8. The molecule has 0 N–H and O–H groups in total. The van der Waals surface area contributed by atoms with Gasteiger partial charge in [-0.2, -0.15) is 0 Å². The Morgan fingerprint density at radius 3 is 2.15 bits per heavy atom. The predicted octanol–water partition coefficient (Wildman–Crippen LogP) is 6.40. The molecule has 2 aliphatic rings. The molecule has 6 heteroatoms. The third-order valence-corrected chi connectivity index (χ3v) is 7.11. The smallest absolute Gasteiger partial charge is 0.418 e. The van der Waals surface area contributed by atoms with Crippen LogP contribution in [0.1, 0.15) is 18.4 Å². The van der Waals surface area contributed by atoms with E-state index in [-0.39, 0.29) is 5.69 Å². The summed E-state index contributed by atoms with van der Waals surface area (Å²) in [7, 11) is 0. The number of carbonyl (C=O) groups is 1. The number of hydrogen-bond donors (Lipinski definition) is 0. The fraction of sp³-hybridized carbons (Fsp3) is 0.321. The third kappa shape index (κ3) is 4.82. The van der Waals surface area contributed by atoms with E-state index < -0.39 is 17.7 Å². The first kappa shape index (κ1) is 22.5. The fourth-order valence-corrected chi connectivity index (χ4v) is 5.47. The molecule has 1 saturated heterocycles. The van der Waals surface area contributed by atoms with E-state index in [0.717, 1.165) is 44.6 Å². The van der Waals surface area contributed by atoms with Crippen LogP contribution in [-0.2, 0) is 11.3 Å². The number of para-hydroxylation sites is 1. The van der Waals surface area contributed by atoms with Crippen LogP contribution in [0.25, 0.3) is 0 Å². The molecule has 5 rings (SSSR count). The lowest BCUT2D eigenvalue weighted by atomic mass is 9.85. The number of halogens is 2. The van der Waals surface area contributed by atoms with Crippen LogP contribution >= 0.6 is 0 Å². The summed E-state index contributed by atoms with van der Waals surface area (Å²) in [6.45, 7) is 3.27. The van der Waals surface area contributed by atoms with Crippen molar-refractivity contribution in [2.75, 3.05) is 24.6 Å². The van der Waals surface area contributed by atoms with Crippen molar-refractivity contribution in [3.8, 4) is 0 Å². The molecule has 3 aromatic carbocycles. The normalized spacial score (nSPS) is 21.9. The summed E-state index contributed by atoms with van der Waals surface area (Å²) in [5.41, 5.74) is 2.09. The Morgan fingerprint density at radius 2 is 1.50 bits per heavy atom. The van der Waals surface area contributed by atoms with Crippen LogP contribution in [-0.4, -0.2) is 30.7 Å². The van der Waals surface area contributed by atoms with E-state index in [4.69, 9.17) is 4.74 Å². The molecule has 1 amide bonds. The van der Waals surface area contributed by atoms with Crippen LogP contribution in [0.5, 0.6) is 0 Å². The lowest BCUT2D eigenvalue weighted by Gasteiger charge is -2.38. The van der Waals surface area contributed by atoms with Gasteiger partial charge in [0.2, 0.25) is 0 Å². The summed E-state index contributed by atoms with van der Waals surface area (Å²) in [4.78, 5) is 17.0. The molecule has 2 atom stereocenters. The van der Waals surface area contributed by atoms with Gasteiger partial charge in [0.1, 0.15) is 0 Å². The second-order valence-corrected chi connectivity index (χ2v) is 9.29. The van der Waals surface area contributed by atoms with Gasteiger partial charge in [-0.05, 0) is 54.5 Å². The molecule has 1 heterocycles. The number of likely N-dealkylation sites (tertiary alicyclic amines) is 1. The Labute approximate surface area is 198 Å². The standard InChI is InChI=1S/C28H28F2N2O2/c29-26-14-13-24(15-27(26)30)32(23-9-5-2-6-10-23)28(33)34-19-25-21-11-12-22(25)18-31(17-21)16-20-7-3-1-4-8-20/h1-10,13-15,21-22,25H,11-12,16-19H2. The van der Waals surface area contributed by atoms with Gasteiger partial charge >= 0.3 is 6.09 Å². The summed E-state index contributed by atoms with van der Waals surface area (Å²) in [5.74, 6) is -0.662. The second kappa shape index (κ2) is 9.94.